The summed E-state index contributed by atoms with van der Waals surface area (Å²) in [6.07, 6.45) is 2.09. The van der Waals surface area contributed by atoms with E-state index in [1.807, 2.05) is 0 Å². The molecule has 0 radical (unpaired) electrons. The third-order valence-electron chi connectivity index (χ3n) is 7.35. The van der Waals surface area contributed by atoms with Crippen LogP contribution in [0.25, 0.3) is 0 Å². The molecule has 36 heavy (non-hydrogen) atoms. The summed E-state index contributed by atoms with van der Waals surface area (Å²) < 4.78 is 33.1. The van der Waals surface area contributed by atoms with Crippen LogP contribution in [0.5, 0.6) is 0 Å². The molecule has 0 aromatic heterocycles. The van der Waals surface area contributed by atoms with E-state index in [0.29, 0.717) is 5.56 Å². The number of aliphatic hydroxyl groups excluding tert-OH is 2. The molecule has 0 bridgehead atoms. The topological polar surface area (TPSA) is 73.8 Å². The maximum absolute atomic E-state index is 13.8. The van der Waals surface area contributed by atoms with Gasteiger partial charge in [0.15, 0.2) is 0 Å². The average Bonchev–Trinajstić information content (AvgIpc) is 2.81. The van der Waals surface area contributed by atoms with Crippen LogP contribution in [-0.4, -0.2) is 48.3 Å². The lowest BCUT2D eigenvalue weighted by Crippen LogP contribution is -2.54. The highest BCUT2D eigenvalue weighted by Crippen LogP contribution is 2.39. The summed E-state index contributed by atoms with van der Waals surface area (Å²) in [6.45, 7) is 8.39. The molecule has 1 aliphatic rings. The van der Waals surface area contributed by atoms with Crippen LogP contribution in [0.1, 0.15) is 70.1 Å². The molecule has 3 rings (SSSR count). The summed E-state index contributed by atoms with van der Waals surface area (Å²) in [5, 5.41) is 27.8. The summed E-state index contributed by atoms with van der Waals surface area (Å²) in [6, 6.07) is 11.4. The van der Waals surface area contributed by atoms with Gasteiger partial charge < -0.3 is 20.3 Å². The van der Waals surface area contributed by atoms with Gasteiger partial charge in [-0.1, -0.05) is 45.0 Å². The average molecular weight is 505 g/mol. The van der Waals surface area contributed by atoms with Crippen molar-refractivity contribution >= 4 is 0 Å². The van der Waals surface area contributed by atoms with Crippen molar-refractivity contribution < 1.29 is 23.7 Å². The molecule has 1 aliphatic carbocycles. The molecule has 4 N–H and O–H groups in total. The van der Waals surface area contributed by atoms with Crippen LogP contribution >= 0.6 is 0 Å². The van der Waals surface area contributed by atoms with Gasteiger partial charge in [-0.25, -0.2) is 8.78 Å². The van der Waals surface area contributed by atoms with Crippen molar-refractivity contribution in [1.82, 2.24) is 10.6 Å². The zero-order valence-corrected chi connectivity index (χ0v) is 22.2. The smallest absolute Gasteiger partial charge is 0.126 e. The van der Waals surface area contributed by atoms with Gasteiger partial charge in [0.1, 0.15) is 17.9 Å². The van der Waals surface area contributed by atoms with Crippen molar-refractivity contribution in [3.63, 3.8) is 0 Å². The number of ether oxygens (including phenoxy) is 1. The molecule has 1 fully saturated rings. The number of benzene rings is 2. The van der Waals surface area contributed by atoms with Crippen LogP contribution in [0.4, 0.5) is 8.78 Å². The van der Waals surface area contributed by atoms with Crippen LogP contribution in [0.2, 0.25) is 0 Å². The first-order valence-corrected chi connectivity index (χ1v) is 12.9. The second-order valence-corrected chi connectivity index (χ2v) is 11.2. The molecular weight excluding hydrogens is 462 g/mol. The number of halogens is 2. The number of rotatable bonds is 10. The van der Waals surface area contributed by atoms with Gasteiger partial charge in [-0.3, -0.25) is 5.32 Å². The van der Waals surface area contributed by atoms with Crippen LogP contribution in [0, 0.1) is 11.6 Å². The van der Waals surface area contributed by atoms with Gasteiger partial charge in [-0.2, -0.15) is 0 Å². The Morgan fingerprint density at radius 3 is 2.25 bits per heavy atom. The molecule has 7 heteroatoms. The number of nitrogens with one attached hydrogen (secondary N) is 2. The second-order valence-electron chi connectivity index (χ2n) is 11.2. The summed E-state index contributed by atoms with van der Waals surface area (Å²) in [5.41, 5.74) is 2.52. The number of hydrogen-bond donors (Lipinski definition) is 4. The zero-order chi connectivity index (χ0) is 26.5. The Morgan fingerprint density at radius 1 is 1.06 bits per heavy atom. The molecule has 1 saturated carbocycles. The molecular formula is C29H42F2N2O3. The lowest BCUT2D eigenvalue weighted by Gasteiger charge is -2.43. The van der Waals surface area contributed by atoms with E-state index >= 15 is 0 Å². The van der Waals surface area contributed by atoms with E-state index < -0.39 is 30.0 Å². The van der Waals surface area contributed by atoms with Crippen LogP contribution < -0.4 is 10.6 Å². The quantitative estimate of drug-likeness (QED) is 0.358. The third kappa shape index (κ3) is 7.56. The predicted octanol–water partition coefficient (Wildman–Crippen LogP) is 4.54. The first-order chi connectivity index (χ1) is 16.9. The first kappa shape index (κ1) is 28.7. The maximum Gasteiger partial charge on any atom is 0.126 e. The van der Waals surface area contributed by atoms with E-state index in [1.165, 1.54) is 23.3 Å². The second kappa shape index (κ2) is 12.1. The number of methoxy groups -OCH3 is 1. The molecule has 0 spiro atoms. The zero-order valence-electron chi connectivity index (χ0n) is 22.2. The maximum atomic E-state index is 13.8. The number of aliphatic hydroxyl groups is 2. The van der Waals surface area contributed by atoms with E-state index in [9.17, 15) is 19.0 Å². The Hall–Kier alpha value is -1.90. The Balaban J connectivity index is 1.83. The number of hydrogen-bond acceptors (Lipinski definition) is 5. The van der Waals surface area contributed by atoms with E-state index in [1.54, 1.807) is 14.0 Å². The summed E-state index contributed by atoms with van der Waals surface area (Å²) >= 11 is 0. The van der Waals surface area contributed by atoms with Crippen molar-refractivity contribution in [2.24, 2.45) is 0 Å². The van der Waals surface area contributed by atoms with Crippen LogP contribution in [0.15, 0.2) is 42.5 Å². The minimum absolute atomic E-state index is 0.00690. The lowest BCUT2D eigenvalue weighted by molar-refractivity contribution is 0.0300. The molecule has 0 aliphatic heterocycles. The monoisotopic (exact) mass is 504 g/mol. The van der Waals surface area contributed by atoms with Crippen molar-refractivity contribution in [2.75, 3.05) is 13.7 Å². The Bertz CT molecular complexity index is 964. The van der Waals surface area contributed by atoms with Gasteiger partial charge in [-0.05, 0) is 73.3 Å². The Kier molecular flexibility index (Phi) is 9.63. The molecule has 0 saturated heterocycles. The van der Waals surface area contributed by atoms with Gasteiger partial charge in [0.25, 0.3) is 0 Å². The largest absolute Gasteiger partial charge is 0.390 e. The molecule has 5 nitrogen and oxygen atoms in total. The fraction of sp³-hybridized carbons (Fsp3) is 0.586. The fourth-order valence-electron chi connectivity index (χ4n) is 5.21. The molecule has 3 atom stereocenters. The van der Waals surface area contributed by atoms with Crippen molar-refractivity contribution in [3.05, 3.63) is 70.8 Å². The van der Waals surface area contributed by atoms with Crippen LogP contribution in [0.3, 0.4) is 0 Å². The third-order valence-corrected chi connectivity index (χ3v) is 7.35. The molecule has 2 aromatic carbocycles. The summed E-state index contributed by atoms with van der Waals surface area (Å²) in [4.78, 5) is 0. The minimum Gasteiger partial charge on any atom is -0.390 e. The Morgan fingerprint density at radius 2 is 1.69 bits per heavy atom. The van der Waals surface area contributed by atoms with Gasteiger partial charge in [0, 0.05) is 31.3 Å². The SMILES string of the molecule is COC1CCC(NCC(O)C(Cc2cc(F)cc(F)c2)NC(C)O)(c2cccc(C(C)(C)C)c2)CC1. The standard InChI is InChI=1S/C29H42F2N2O3/c1-19(34)33-26(15-20-13-23(30)17-24(31)14-20)27(35)18-32-29(11-9-25(36-5)10-12-29)22-8-6-7-21(16-22)28(2,3)4/h6-8,13-14,16-17,19,25-27,32-35H,9-12,15,18H2,1-5H3. The Labute approximate surface area is 214 Å². The minimum atomic E-state index is -0.909. The van der Waals surface area contributed by atoms with Gasteiger partial charge in [0.2, 0.25) is 0 Å². The molecule has 0 amide bonds. The van der Waals surface area contributed by atoms with Gasteiger partial charge in [0.05, 0.1) is 12.2 Å². The van der Waals surface area contributed by atoms with E-state index in [2.05, 4.69) is 55.7 Å². The lowest BCUT2D eigenvalue weighted by atomic mass is 9.73. The molecule has 3 unspecified atom stereocenters. The van der Waals surface area contributed by atoms with Crippen molar-refractivity contribution in [1.29, 1.82) is 0 Å². The van der Waals surface area contributed by atoms with Crippen molar-refractivity contribution in [2.45, 2.75) is 95.2 Å². The van der Waals surface area contributed by atoms with E-state index in [0.717, 1.165) is 31.7 Å². The first-order valence-electron chi connectivity index (χ1n) is 12.9. The summed E-state index contributed by atoms with van der Waals surface area (Å²) in [5.74, 6) is -1.33. The highest BCUT2D eigenvalue weighted by atomic mass is 19.1. The summed E-state index contributed by atoms with van der Waals surface area (Å²) in [7, 11) is 1.75. The highest BCUT2D eigenvalue weighted by Gasteiger charge is 2.38. The predicted molar refractivity (Wildman–Crippen MR) is 139 cm³/mol. The van der Waals surface area contributed by atoms with Gasteiger partial charge in [-0.15, -0.1) is 0 Å². The highest BCUT2D eigenvalue weighted by molar-refractivity contribution is 5.34. The molecule has 200 valence electrons. The van der Waals surface area contributed by atoms with E-state index in [4.69, 9.17) is 4.74 Å². The van der Waals surface area contributed by atoms with Crippen LogP contribution in [-0.2, 0) is 22.1 Å². The van der Waals surface area contributed by atoms with Crippen molar-refractivity contribution in [3.8, 4) is 0 Å². The normalized spacial score (nSPS) is 23.3. The molecule has 2 aromatic rings. The molecule has 0 heterocycles. The van der Waals surface area contributed by atoms with Gasteiger partial charge >= 0.3 is 0 Å². The fourth-order valence-corrected chi connectivity index (χ4v) is 5.21. The van der Waals surface area contributed by atoms with E-state index in [-0.39, 0.29) is 30.0 Å².